The summed E-state index contributed by atoms with van der Waals surface area (Å²) in [5, 5.41) is 8.06. The number of rotatable bonds is 0. The Kier molecular flexibility index (Phi) is 38.2. The van der Waals surface area contributed by atoms with Crippen molar-refractivity contribution in [3.63, 3.8) is 0 Å². The molecule has 0 aliphatic heterocycles. The molecule has 0 bridgehead atoms. The summed E-state index contributed by atoms with van der Waals surface area (Å²) in [6, 6.07) is 0. The molecule has 0 radical (unpaired) electrons. The lowest BCUT2D eigenvalue weighted by Crippen LogP contribution is -1.85. The first kappa shape index (κ1) is 16.4. The van der Waals surface area contributed by atoms with Gasteiger partial charge in [-0.25, -0.2) is 0 Å². The quantitative estimate of drug-likeness (QED) is 0.521. The molecule has 0 aromatic heterocycles. The molecule has 0 aliphatic rings. The van der Waals surface area contributed by atoms with Crippen LogP contribution in [0.1, 0.15) is 41.0 Å². The lowest BCUT2D eigenvalue weighted by Gasteiger charge is -1.80. The molecule has 0 rings (SSSR count). The molecule has 0 heterocycles. The van der Waals surface area contributed by atoms with Crippen LogP contribution < -0.4 is 0 Å². The summed E-state index contributed by atoms with van der Waals surface area (Å²) < 4.78 is 0. The molecule has 0 saturated carbocycles. The number of hydrogen-bond acceptors (Lipinski definition) is 1. The normalized spacial score (nSPS) is 6.70. The fraction of sp³-hybridized carbons (Fsp3) is 0.778. The van der Waals surface area contributed by atoms with E-state index in [1.165, 1.54) is 6.42 Å². The van der Waals surface area contributed by atoms with Gasteiger partial charge < -0.3 is 5.11 Å². The van der Waals surface area contributed by atoms with E-state index in [0.29, 0.717) is 0 Å². The van der Waals surface area contributed by atoms with Crippen LogP contribution in [0.25, 0.3) is 0 Å². The van der Waals surface area contributed by atoms with Gasteiger partial charge in [0.2, 0.25) is 0 Å². The molecule has 0 aromatic rings. The zero-order chi connectivity index (χ0) is 8.99. The SMILES string of the molecule is C=CC.CC(C)O.CCC. The van der Waals surface area contributed by atoms with E-state index < -0.39 is 0 Å². The molecule has 0 unspecified atom stereocenters. The first-order valence-corrected chi connectivity index (χ1v) is 3.81. The van der Waals surface area contributed by atoms with E-state index in [4.69, 9.17) is 5.11 Å². The van der Waals surface area contributed by atoms with Gasteiger partial charge in [-0.3, -0.25) is 0 Å². The molecule has 64 valence electrons. The third kappa shape index (κ3) is 3840. The zero-order valence-electron chi connectivity index (χ0n) is 8.02. The molecular weight excluding hydrogens is 124 g/mol. The monoisotopic (exact) mass is 146 g/mol. The molecule has 1 N–H and O–H groups in total. The summed E-state index contributed by atoms with van der Waals surface area (Å²) in [6.07, 6.45) is 2.83. The largest absolute Gasteiger partial charge is 0.394 e. The number of allylic oxidation sites excluding steroid dienone is 1. The molecule has 0 aliphatic carbocycles. The average Bonchev–Trinajstić information content (AvgIpc) is 1.65. The molecule has 0 amide bonds. The van der Waals surface area contributed by atoms with Gasteiger partial charge in [0, 0.05) is 6.10 Å². The molecule has 0 fully saturated rings. The van der Waals surface area contributed by atoms with Gasteiger partial charge in [-0.05, 0) is 20.8 Å². The second-order valence-corrected chi connectivity index (χ2v) is 2.21. The Labute approximate surface area is 65.8 Å². The minimum absolute atomic E-state index is 0.167. The van der Waals surface area contributed by atoms with Crippen molar-refractivity contribution in [2.75, 3.05) is 0 Å². The highest BCUT2D eigenvalue weighted by molar-refractivity contribution is 4.51. The lowest BCUT2D eigenvalue weighted by atomic mass is 10.5. The van der Waals surface area contributed by atoms with Crippen LogP contribution in [0.3, 0.4) is 0 Å². The minimum Gasteiger partial charge on any atom is -0.394 e. The Balaban J connectivity index is -0.0000000750. The highest BCUT2D eigenvalue weighted by Gasteiger charge is 1.69. The van der Waals surface area contributed by atoms with Crippen LogP contribution in [0.15, 0.2) is 12.7 Å². The van der Waals surface area contributed by atoms with Crippen molar-refractivity contribution >= 4 is 0 Å². The van der Waals surface area contributed by atoms with Crippen molar-refractivity contribution in [1.29, 1.82) is 0 Å². The van der Waals surface area contributed by atoms with Crippen molar-refractivity contribution in [3.05, 3.63) is 12.7 Å². The smallest absolute Gasteiger partial charge is 0.0483 e. The Morgan fingerprint density at radius 2 is 1.40 bits per heavy atom. The van der Waals surface area contributed by atoms with Crippen LogP contribution in [-0.4, -0.2) is 11.2 Å². The van der Waals surface area contributed by atoms with Gasteiger partial charge >= 0.3 is 0 Å². The fourth-order valence-electron chi connectivity index (χ4n) is 0. The summed E-state index contributed by atoms with van der Waals surface area (Å²) >= 11 is 0. The molecular formula is C9H22O. The first-order valence-electron chi connectivity index (χ1n) is 3.81. The third-order valence-corrected chi connectivity index (χ3v) is 0. The van der Waals surface area contributed by atoms with E-state index in [0.717, 1.165) is 0 Å². The van der Waals surface area contributed by atoms with Crippen molar-refractivity contribution in [1.82, 2.24) is 0 Å². The number of hydrogen-bond donors (Lipinski definition) is 1. The Morgan fingerprint density at radius 3 is 1.40 bits per heavy atom. The van der Waals surface area contributed by atoms with E-state index >= 15 is 0 Å². The predicted octanol–water partition coefficient (Wildman–Crippen LogP) is 3.00. The van der Waals surface area contributed by atoms with Gasteiger partial charge in [0.05, 0.1) is 0 Å². The van der Waals surface area contributed by atoms with Crippen molar-refractivity contribution < 1.29 is 5.11 Å². The summed E-state index contributed by atoms with van der Waals surface area (Å²) in [5.41, 5.74) is 0. The van der Waals surface area contributed by atoms with Crippen LogP contribution in [0.4, 0.5) is 0 Å². The van der Waals surface area contributed by atoms with Crippen LogP contribution in [0.2, 0.25) is 0 Å². The van der Waals surface area contributed by atoms with E-state index in [1.807, 2.05) is 6.92 Å². The Bertz CT molecular complexity index is 37.2. The minimum atomic E-state index is -0.167. The molecule has 1 heteroatoms. The van der Waals surface area contributed by atoms with Crippen LogP contribution >= 0.6 is 0 Å². The maximum Gasteiger partial charge on any atom is 0.0483 e. The summed E-state index contributed by atoms with van der Waals surface area (Å²) in [6.45, 7) is 12.9. The molecule has 10 heavy (non-hydrogen) atoms. The van der Waals surface area contributed by atoms with E-state index in [2.05, 4.69) is 20.4 Å². The first-order chi connectivity index (χ1) is 4.56. The molecule has 0 spiro atoms. The summed E-state index contributed by atoms with van der Waals surface area (Å²) in [5.74, 6) is 0. The van der Waals surface area contributed by atoms with Gasteiger partial charge in [0.15, 0.2) is 0 Å². The van der Waals surface area contributed by atoms with Crippen molar-refractivity contribution in [2.45, 2.75) is 47.1 Å². The average molecular weight is 146 g/mol. The van der Waals surface area contributed by atoms with Crippen LogP contribution in [-0.2, 0) is 0 Å². The molecule has 0 atom stereocenters. The molecule has 1 nitrogen and oxygen atoms in total. The second-order valence-electron chi connectivity index (χ2n) is 2.21. The van der Waals surface area contributed by atoms with Gasteiger partial charge in [-0.2, -0.15) is 0 Å². The maximum absolute atomic E-state index is 8.06. The number of aliphatic hydroxyl groups excluding tert-OH is 1. The molecule has 0 aromatic carbocycles. The summed E-state index contributed by atoms with van der Waals surface area (Å²) in [4.78, 5) is 0. The van der Waals surface area contributed by atoms with Gasteiger partial charge in [0.25, 0.3) is 0 Å². The summed E-state index contributed by atoms with van der Waals surface area (Å²) in [7, 11) is 0. The Morgan fingerprint density at radius 1 is 1.40 bits per heavy atom. The fourth-order valence-corrected chi connectivity index (χ4v) is 0. The van der Waals surface area contributed by atoms with Gasteiger partial charge in [-0.15, -0.1) is 6.58 Å². The Hall–Kier alpha value is -0.300. The van der Waals surface area contributed by atoms with Crippen LogP contribution in [0.5, 0.6) is 0 Å². The highest BCUT2D eigenvalue weighted by atomic mass is 16.3. The third-order valence-electron chi connectivity index (χ3n) is 0. The zero-order valence-corrected chi connectivity index (χ0v) is 8.02. The van der Waals surface area contributed by atoms with E-state index in [9.17, 15) is 0 Å². The maximum atomic E-state index is 8.06. The van der Waals surface area contributed by atoms with Gasteiger partial charge in [-0.1, -0.05) is 26.3 Å². The second kappa shape index (κ2) is 23.4. The number of aliphatic hydroxyl groups is 1. The molecule has 0 saturated heterocycles. The van der Waals surface area contributed by atoms with Crippen LogP contribution in [0, 0.1) is 0 Å². The highest BCUT2D eigenvalue weighted by Crippen LogP contribution is 1.65. The van der Waals surface area contributed by atoms with Crippen molar-refractivity contribution in [3.8, 4) is 0 Å². The standard InChI is InChI=1S/C3H8O.C3H8.C3H6/c1-3(2)4;2*1-3-2/h3-4H,1-2H3;3H2,1-2H3;3H,1H2,2H3. The van der Waals surface area contributed by atoms with Crippen molar-refractivity contribution in [2.24, 2.45) is 0 Å². The lowest BCUT2D eigenvalue weighted by molar-refractivity contribution is 0.216. The predicted molar refractivity (Wildman–Crippen MR) is 49.2 cm³/mol. The van der Waals surface area contributed by atoms with Gasteiger partial charge in [0.1, 0.15) is 0 Å². The van der Waals surface area contributed by atoms with E-state index in [1.54, 1.807) is 19.9 Å². The topological polar surface area (TPSA) is 20.2 Å². The van der Waals surface area contributed by atoms with E-state index in [-0.39, 0.29) is 6.10 Å².